The van der Waals surface area contributed by atoms with Gasteiger partial charge in [0, 0.05) is 12.6 Å². The van der Waals surface area contributed by atoms with Crippen molar-refractivity contribution in [1.82, 2.24) is 9.55 Å². The van der Waals surface area contributed by atoms with Crippen molar-refractivity contribution < 1.29 is 14.5 Å². The molecule has 8 nitrogen and oxygen atoms in total. The molecule has 0 radical (unpaired) electrons. The van der Waals surface area contributed by atoms with Crippen LogP contribution in [0.5, 0.6) is 5.75 Å². The Morgan fingerprint density at radius 3 is 2.81 bits per heavy atom. The van der Waals surface area contributed by atoms with Crippen LogP contribution in [0.4, 0.5) is 11.4 Å². The Balaban J connectivity index is 1.71. The third-order valence-corrected chi connectivity index (χ3v) is 4.91. The van der Waals surface area contributed by atoms with E-state index in [1.807, 2.05) is 31.2 Å². The fraction of sp³-hybridized carbons (Fsp3) is 0.222. The molecule has 0 saturated carbocycles. The van der Waals surface area contributed by atoms with Crippen LogP contribution in [0.2, 0.25) is 0 Å². The summed E-state index contributed by atoms with van der Waals surface area (Å²) >= 11 is 1.34. The zero-order chi connectivity index (χ0) is 19.4. The maximum atomic E-state index is 12.3. The SMILES string of the molecule is CCn1c(SCC(=O)Nc2ccc([N+](=O)[O-])cc2OC)nc2ccccc21. The molecule has 1 heterocycles. The van der Waals surface area contributed by atoms with Gasteiger partial charge in [-0.3, -0.25) is 14.9 Å². The number of nitrogens with one attached hydrogen (secondary N) is 1. The number of non-ortho nitro benzene ring substituents is 1. The lowest BCUT2D eigenvalue weighted by molar-refractivity contribution is -0.384. The van der Waals surface area contributed by atoms with Crippen molar-refractivity contribution in [3.63, 3.8) is 0 Å². The van der Waals surface area contributed by atoms with Gasteiger partial charge in [-0.1, -0.05) is 23.9 Å². The van der Waals surface area contributed by atoms with E-state index in [-0.39, 0.29) is 23.1 Å². The average Bonchev–Trinajstić information content (AvgIpc) is 3.04. The van der Waals surface area contributed by atoms with Crippen LogP contribution in [-0.2, 0) is 11.3 Å². The lowest BCUT2D eigenvalue weighted by Crippen LogP contribution is -2.15. The topological polar surface area (TPSA) is 99.3 Å². The second kappa shape index (κ2) is 8.09. The Bertz CT molecular complexity index is 1000. The van der Waals surface area contributed by atoms with Crippen LogP contribution < -0.4 is 10.1 Å². The average molecular weight is 386 g/mol. The van der Waals surface area contributed by atoms with E-state index in [9.17, 15) is 14.9 Å². The molecular formula is C18H18N4O4S. The number of nitro groups is 1. The summed E-state index contributed by atoms with van der Waals surface area (Å²) in [6, 6.07) is 11.9. The first kappa shape index (κ1) is 18.7. The lowest BCUT2D eigenvalue weighted by atomic mass is 10.2. The normalized spacial score (nSPS) is 10.7. The second-order valence-electron chi connectivity index (χ2n) is 5.61. The predicted octanol–water partition coefficient (Wildman–Crippen LogP) is 3.70. The van der Waals surface area contributed by atoms with Crippen molar-refractivity contribution in [2.45, 2.75) is 18.6 Å². The number of nitrogens with zero attached hydrogens (tertiary/aromatic N) is 3. The number of aromatic nitrogens is 2. The van der Waals surface area contributed by atoms with Crippen molar-refractivity contribution in [1.29, 1.82) is 0 Å². The minimum Gasteiger partial charge on any atom is -0.494 e. The van der Waals surface area contributed by atoms with E-state index in [1.54, 1.807) is 0 Å². The molecule has 1 N–H and O–H groups in total. The number of anilines is 1. The lowest BCUT2D eigenvalue weighted by Gasteiger charge is -2.10. The highest BCUT2D eigenvalue weighted by atomic mass is 32.2. The van der Waals surface area contributed by atoms with Crippen LogP contribution >= 0.6 is 11.8 Å². The van der Waals surface area contributed by atoms with Gasteiger partial charge >= 0.3 is 0 Å². The van der Waals surface area contributed by atoms with E-state index in [0.717, 1.165) is 22.7 Å². The smallest absolute Gasteiger partial charge is 0.273 e. The molecule has 0 atom stereocenters. The highest BCUT2D eigenvalue weighted by Crippen LogP contribution is 2.29. The molecule has 2 aromatic carbocycles. The van der Waals surface area contributed by atoms with Crippen LogP contribution in [0.1, 0.15) is 6.92 Å². The quantitative estimate of drug-likeness (QED) is 0.378. The number of carbonyl (C=O) groups is 1. The molecule has 3 aromatic rings. The Morgan fingerprint density at radius 2 is 2.11 bits per heavy atom. The number of carbonyl (C=O) groups excluding carboxylic acids is 1. The van der Waals surface area contributed by atoms with Gasteiger partial charge < -0.3 is 14.6 Å². The zero-order valence-corrected chi connectivity index (χ0v) is 15.7. The van der Waals surface area contributed by atoms with Crippen molar-refractivity contribution in [2.24, 2.45) is 0 Å². The largest absolute Gasteiger partial charge is 0.494 e. The van der Waals surface area contributed by atoms with Gasteiger partial charge in [-0.15, -0.1) is 0 Å². The van der Waals surface area contributed by atoms with Crippen LogP contribution in [0, 0.1) is 10.1 Å². The third kappa shape index (κ3) is 4.03. The van der Waals surface area contributed by atoms with Crippen LogP contribution in [-0.4, -0.2) is 33.2 Å². The van der Waals surface area contributed by atoms with E-state index in [1.165, 1.54) is 37.1 Å². The van der Waals surface area contributed by atoms with Crippen molar-refractivity contribution in [3.8, 4) is 5.75 Å². The van der Waals surface area contributed by atoms with Crippen LogP contribution in [0.25, 0.3) is 11.0 Å². The minimum atomic E-state index is -0.515. The van der Waals surface area contributed by atoms with Crippen molar-refractivity contribution in [2.75, 3.05) is 18.2 Å². The highest BCUT2D eigenvalue weighted by molar-refractivity contribution is 7.99. The molecule has 0 spiro atoms. The van der Waals surface area contributed by atoms with E-state index >= 15 is 0 Å². The van der Waals surface area contributed by atoms with Gasteiger partial charge in [0.1, 0.15) is 5.75 Å². The fourth-order valence-corrected chi connectivity index (χ4v) is 3.56. The van der Waals surface area contributed by atoms with E-state index in [0.29, 0.717) is 5.69 Å². The molecule has 140 valence electrons. The number of fused-ring (bicyclic) bond motifs is 1. The molecule has 0 unspecified atom stereocenters. The second-order valence-corrected chi connectivity index (χ2v) is 6.55. The third-order valence-electron chi connectivity index (χ3n) is 3.94. The number of para-hydroxylation sites is 2. The molecule has 1 aromatic heterocycles. The Labute approximate surface area is 159 Å². The molecule has 0 fully saturated rings. The standard InChI is InChI=1S/C18H18N4O4S/c1-3-21-15-7-5-4-6-13(15)20-18(21)27-11-17(23)19-14-9-8-12(22(24)25)10-16(14)26-2/h4-10H,3,11H2,1-2H3,(H,19,23). The number of amides is 1. The molecule has 1 amide bonds. The summed E-state index contributed by atoms with van der Waals surface area (Å²) in [5, 5.41) is 14.3. The summed E-state index contributed by atoms with van der Waals surface area (Å²) in [5.41, 5.74) is 2.20. The van der Waals surface area contributed by atoms with E-state index in [4.69, 9.17) is 4.74 Å². The number of benzene rings is 2. The first-order valence-electron chi connectivity index (χ1n) is 8.23. The zero-order valence-electron chi connectivity index (χ0n) is 14.8. The van der Waals surface area contributed by atoms with Gasteiger partial charge in [-0.2, -0.15) is 0 Å². The van der Waals surface area contributed by atoms with Gasteiger partial charge in [-0.25, -0.2) is 4.98 Å². The number of hydrogen-bond acceptors (Lipinski definition) is 6. The van der Waals surface area contributed by atoms with Crippen LogP contribution in [0.3, 0.4) is 0 Å². The molecule has 0 saturated heterocycles. The Hall–Kier alpha value is -3.07. The van der Waals surface area contributed by atoms with Gasteiger partial charge in [0.25, 0.3) is 5.69 Å². The summed E-state index contributed by atoms with van der Waals surface area (Å²) in [6.07, 6.45) is 0. The number of methoxy groups -OCH3 is 1. The molecule has 3 rings (SSSR count). The number of aryl methyl sites for hydroxylation is 1. The van der Waals surface area contributed by atoms with Gasteiger partial charge in [-0.05, 0) is 25.1 Å². The number of hydrogen-bond donors (Lipinski definition) is 1. The summed E-state index contributed by atoms with van der Waals surface area (Å²) in [7, 11) is 1.40. The number of nitro benzene ring substituents is 1. The van der Waals surface area contributed by atoms with Gasteiger partial charge in [0.15, 0.2) is 5.16 Å². The highest BCUT2D eigenvalue weighted by Gasteiger charge is 2.15. The maximum Gasteiger partial charge on any atom is 0.273 e. The van der Waals surface area contributed by atoms with Gasteiger partial charge in [0.2, 0.25) is 5.91 Å². The Morgan fingerprint density at radius 1 is 1.33 bits per heavy atom. The van der Waals surface area contributed by atoms with Crippen molar-refractivity contribution >= 4 is 40.1 Å². The first-order valence-corrected chi connectivity index (χ1v) is 9.22. The number of thioether (sulfide) groups is 1. The molecule has 0 aliphatic carbocycles. The monoisotopic (exact) mass is 386 g/mol. The molecular weight excluding hydrogens is 368 g/mol. The number of ether oxygens (including phenoxy) is 1. The number of imidazole rings is 1. The summed E-state index contributed by atoms with van der Waals surface area (Å²) in [6.45, 7) is 2.78. The summed E-state index contributed by atoms with van der Waals surface area (Å²) in [4.78, 5) is 27.2. The maximum absolute atomic E-state index is 12.3. The fourth-order valence-electron chi connectivity index (χ4n) is 2.68. The van der Waals surface area contributed by atoms with E-state index < -0.39 is 4.92 Å². The van der Waals surface area contributed by atoms with E-state index in [2.05, 4.69) is 14.9 Å². The Kier molecular flexibility index (Phi) is 5.60. The first-order chi connectivity index (χ1) is 13.0. The predicted molar refractivity (Wildman–Crippen MR) is 104 cm³/mol. The molecule has 0 aliphatic rings. The molecule has 0 bridgehead atoms. The minimum absolute atomic E-state index is 0.101. The summed E-state index contributed by atoms with van der Waals surface area (Å²) < 4.78 is 7.19. The molecule has 27 heavy (non-hydrogen) atoms. The van der Waals surface area contributed by atoms with Gasteiger partial charge in [0.05, 0.1) is 40.6 Å². The molecule has 9 heteroatoms. The number of rotatable bonds is 7. The van der Waals surface area contributed by atoms with Crippen LogP contribution in [0.15, 0.2) is 47.6 Å². The molecule has 0 aliphatic heterocycles. The summed E-state index contributed by atoms with van der Waals surface area (Å²) in [5.74, 6) is 0.147. The van der Waals surface area contributed by atoms with Crippen molar-refractivity contribution in [3.05, 3.63) is 52.6 Å².